The maximum Gasteiger partial charge on any atom is 0.255 e. The molecule has 0 heterocycles. The fourth-order valence-corrected chi connectivity index (χ4v) is 4.15. The second-order valence-electron chi connectivity index (χ2n) is 6.53. The highest BCUT2D eigenvalue weighted by molar-refractivity contribution is 8.00. The molecular formula is C21H24N2O3S. The number of thioether (sulfide) groups is 1. The van der Waals surface area contributed by atoms with E-state index >= 15 is 0 Å². The number of amides is 2. The minimum absolute atomic E-state index is 0.00216. The van der Waals surface area contributed by atoms with Gasteiger partial charge in [0.1, 0.15) is 5.75 Å². The lowest BCUT2D eigenvalue weighted by atomic mass is 10.2. The Balaban J connectivity index is 1.49. The van der Waals surface area contributed by atoms with Crippen molar-refractivity contribution in [2.45, 2.75) is 30.9 Å². The Kier molecular flexibility index (Phi) is 6.76. The molecular weight excluding hydrogens is 360 g/mol. The molecule has 1 aliphatic carbocycles. The first-order chi connectivity index (χ1) is 13.1. The average molecular weight is 385 g/mol. The molecule has 0 saturated heterocycles. The van der Waals surface area contributed by atoms with Crippen LogP contribution in [0.25, 0.3) is 0 Å². The van der Waals surface area contributed by atoms with E-state index in [0.717, 1.165) is 5.75 Å². The summed E-state index contributed by atoms with van der Waals surface area (Å²) < 4.78 is 5.10. The van der Waals surface area contributed by atoms with Crippen LogP contribution in [0.5, 0.6) is 5.75 Å². The monoisotopic (exact) mass is 384 g/mol. The van der Waals surface area contributed by atoms with Crippen molar-refractivity contribution >= 4 is 35.0 Å². The zero-order valence-corrected chi connectivity index (χ0v) is 16.2. The highest BCUT2D eigenvalue weighted by atomic mass is 32.2. The Labute approximate surface area is 163 Å². The number of nitrogens with one attached hydrogen (secondary N) is 2. The summed E-state index contributed by atoms with van der Waals surface area (Å²) in [5.74, 6) is 1.01. The van der Waals surface area contributed by atoms with Gasteiger partial charge in [-0.15, -0.1) is 11.8 Å². The van der Waals surface area contributed by atoms with Crippen molar-refractivity contribution in [1.29, 1.82) is 0 Å². The lowest BCUT2D eigenvalue weighted by Crippen LogP contribution is -2.16. The van der Waals surface area contributed by atoms with Crippen LogP contribution in [-0.4, -0.2) is 29.9 Å². The number of benzene rings is 2. The molecule has 0 bridgehead atoms. The average Bonchev–Trinajstić information content (AvgIpc) is 3.21. The highest BCUT2D eigenvalue weighted by Crippen LogP contribution is 2.29. The lowest BCUT2D eigenvalue weighted by Gasteiger charge is -2.10. The first-order valence-electron chi connectivity index (χ1n) is 9.11. The Morgan fingerprint density at radius 2 is 1.56 bits per heavy atom. The third-order valence-corrected chi connectivity index (χ3v) is 5.90. The topological polar surface area (TPSA) is 67.4 Å². The normalized spacial score (nSPS) is 14.0. The van der Waals surface area contributed by atoms with E-state index in [1.54, 1.807) is 67.4 Å². The van der Waals surface area contributed by atoms with Crippen LogP contribution in [0, 0.1) is 0 Å². The van der Waals surface area contributed by atoms with Gasteiger partial charge in [0.05, 0.1) is 12.9 Å². The van der Waals surface area contributed by atoms with E-state index in [9.17, 15) is 9.59 Å². The van der Waals surface area contributed by atoms with Gasteiger partial charge < -0.3 is 15.4 Å². The standard InChI is InChI=1S/C21H24N2O3S/c1-26-18-12-10-17(11-13-18)23-21(25)15-6-8-16(9-7-15)22-20(24)14-27-19-4-2-3-5-19/h6-13,19H,2-5,14H2,1H3,(H,22,24)(H,23,25). The Morgan fingerprint density at radius 3 is 2.19 bits per heavy atom. The van der Waals surface area contributed by atoms with Gasteiger partial charge in [0.15, 0.2) is 0 Å². The van der Waals surface area contributed by atoms with E-state index < -0.39 is 0 Å². The zero-order chi connectivity index (χ0) is 19.1. The molecule has 1 fully saturated rings. The van der Waals surface area contributed by atoms with Gasteiger partial charge in [-0.3, -0.25) is 9.59 Å². The maximum absolute atomic E-state index is 12.3. The number of methoxy groups -OCH3 is 1. The lowest BCUT2D eigenvalue weighted by molar-refractivity contribution is -0.113. The predicted molar refractivity (Wildman–Crippen MR) is 111 cm³/mol. The number of hydrogen-bond donors (Lipinski definition) is 2. The van der Waals surface area contributed by atoms with Crippen LogP contribution in [0.3, 0.4) is 0 Å². The SMILES string of the molecule is COc1ccc(NC(=O)c2ccc(NC(=O)CSC3CCCC3)cc2)cc1. The van der Waals surface area contributed by atoms with Crippen molar-refractivity contribution in [2.75, 3.05) is 23.5 Å². The first kappa shape index (κ1) is 19.3. The quantitative estimate of drug-likeness (QED) is 0.734. The molecule has 1 saturated carbocycles. The molecule has 3 rings (SSSR count). The van der Waals surface area contributed by atoms with Crippen molar-refractivity contribution in [3.8, 4) is 5.75 Å². The number of anilines is 2. The molecule has 0 atom stereocenters. The van der Waals surface area contributed by atoms with E-state index in [1.807, 2.05) is 0 Å². The summed E-state index contributed by atoms with van der Waals surface area (Å²) in [6, 6.07) is 14.1. The molecule has 2 N–H and O–H groups in total. The summed E-state index contributed by atoms with van der Waals surface area (Å²) in [6.07, 6.45) is 4.99. The fraction of sp³-hybridized carbons (Fsp3) is 0.333. The highest BCUT2D eigenvalue weighted by Gasteiger charge is 2.16. The smallest absolute Gasteiger partial charge is 0.255 e. The van der Waals surface area contributed by atoms with Gasteiger partial charge in [-0.1, -0.05) is 12.8 Å². The molecule has 27 heavy (non-hydrogen) atoms. The summed E-state index contributed by atoms with van der Waals surface area (Å²) in [5, 5.41) is 6.35. The van der Waals surface area contributed by atoms with Crippen molar-refractivity contribution in [2.24, 2.45) is 0 Å². The van der Waals surface area contributed by atoms with E-state index in [-0.39, 0.29) is 11.8 Å². The molecule has 2 amide bonds. The number of carbonyl (C=O) groups excluding carboxylic acids is 2. The predicted octanol–water partition coefficient (Wildman–Crippen LogP) is 4.56. The fourth-order valence-electron chi connectivity index (χ4n) is 3.03. The minimum atomic E-state index is -0.199. The maximum atomic E-state index is 12.3. The van der Waals surface area contributed by atoms with Crippen LogP contribution in [0.1, 0.15) is 36.0 Å². The Hall–Kier alpha value is -2.47. The summed E-state index contributed by atoms with van der Waals surface area (Å²) in [6.45, 7) is 0. The molecule has 0 spiro atoms. The molecule has 142 valence electrons. The van der Waals surface area contributed by atoms with Crippen molar-refractivity contribution in [3.63, 3.8) is 0 Å². The van der Waals surface area contributed by atoms with Crippen LogP contribution >= 0.6 is 11.8 Å². The minimum Gasteiger partial charge on any atom is -0.497 e. The summed E-state index contributed by atoms with van der Waals surface area (Å²) in [4.78, 5) is 24.4. The van der Waals surface area contributed by atoms with E-state index in [4.69, 9.17) is 4.74 Å². The molecule has 1 aliphatic rings. The molecule has 5 nitrogen and oxygen atoms in total. The second kappa shape index (κ2) is 9.46. The number of hydrogen-bond acceptors (Lipinski definition) is 4. The van der Waals surface area contributed by atoms with Gasteiger partial charge in [0, 0.05) is 22.2 Å². The van der Waals surface area contributed by atoms with Gasteiger partial charge in [0.25, 0.3) is 5.91 Å². The summed E-state index contributed by atoms with van der Waals surface area (Å²) >= 11 is 1.74. The largest absolute Gasteiger partial charge is 0.497 e. The van der Waals surface area contributed by atoms with E-state index in [1.165, 1.54) is 25.7 Å². The third kappa shape index (κ3) is 5.76. The Bertz CT molecular complexity index is 769. The molecule has 6 heteroatoms. The molecule has 2 aromatic rings. The third-order valence-electron chi connectivity index (χ3n) is 4.53. The van der Waals surface area contributed by atoms with E-state index in [2.05, 4.69) is 10.6 Å². The summed E-state index contributed by atoms with van der Waals surface area (Å²) in [7, 11) is 1.60. The van der Waals surface area contributed by atoms with Gasteiger partial charge in [-0.2, -0.15) is 0 Å². The molecule has 0 aromatic heterocycles. The first-order valence-corrected chi connectivity index (χ1v) is 10.2. The summed E-state index contributed by atoms with van der Waals surface area (Å²) in [5.41, 5.74) is 1.93. The van der Waals surface area contributed by atoms with Gasteiger partial charge in [-0.25, -0.2) is 0 Å². The molecule has 0 radical (unpaired) electrons. The zero-order valence-electron chi connectivity index (χ0n) is 15.4. The molecule has 2 aromatic carbocycles. The van der Waals surface area contributed by atoms with Gasteiger partial charge in [0.2, 0.25) is 5.91 Å². The second-order valence-corrected chi connectivity index (χ2v) is 7.81. The number of rotatable bonds is 7. The van der Waals surface area contributed by atoms with Crippen LogP contribution in [0.2, 0.25) is 0 Å². The van der Waals surface area contributed by atoms with Crippen LogP contribution < -0.4 is 15.4 Å². The van der Waals surface area contributed by atoms with Crippen molar-refractivity contribution in [1.82, 2.24) is 0 Å². The van der Waals surface area contributed by atoms with Gasteiger partial charge in [-0.05, 0) is 61.4 Å². The van der Waals surface area contributed by atoms with E-state index in [0.29, 0.717) is 27.9 Å². The van der Waals surface area contributed by atoms with Crippen molar-refractivity contribution < 1.29 is 14.3 Å². The Morgan fingerprint density at radius 1 is 0.963 bits per heavy atom. The molecule has 0 unspecified atom stereocenters. The van der Waals surface area contributed by atoms with Crippen molar-refractivity contribution in [3.05, 3.63) is 54.1 Å². The van der Waals surface area contributed by atoms with Gasteiger partial charge >= 0.3 is 0 Å². The van der Waals surface area contributed by atoms with Crippen LogP contribution in [0.15, 0.2) is 48.5 Å². The number of ether oxygens (including phenoxy) is 1. The van der Waals surface area contributed by atoms with Crippen LogP contribution in [-0.2, 0) is 4.79 Å². The molecule has 0 aliphatic heterocycles. The number of carbonyl (C=O) groups is 2. The van der Waals surface area contributed by atoms with Crippen LogP contribution in [0.4, 0.5) is 11.4 Å².